The van der Waals surface area contributed by atoms with Gasteiger partial charge < -0.3 is 10.2 Å². The van der Waals surface area contributed by atoms with Crippen LogP contribution >= 0.6 is 11.5 Å². The Morgan fingerprint density at radius 2 is 2.18 bits per heavy atom. The van der Waals surface area contributed by atoms with Crippen molar-refractivity contribution in [2.24, 2.45) is 5.16 Å². The van der Waals surface area contributed by atoms with Crippen LogP contribution in [-0.4, -0.2) is 27.8 Å². The number of carbonyl (C=O) groups excluding carboxylic acids is 1. The molecule has 1 aromatic heterocycles. The van der Waals surface area contributed by atoms with Crippen molar-refractivity contribution in [3.63, 3.8) is 0 Å². The van der Waals surface area contributed by atoms with Gasteiger partial charge in [0.25, 0.3) is 5.91 Å². The first-order valence-electron chi connectivity index (χ1n) is 6.99. The number of para-hydroxylation sites is 1. The van der Waals surface area contributed by atoms with E-state index >= 15 is 0 Å². The predicted molar refractivity (Wildman–Crippen MR) is 87.5 cm³/mol. The fourth-order valence-electron chi connectivity index (χ4n) is 1.81. The van der Waals surface area contributed by atoms with E-state index in [2.05, 4.69) is 20.1 Å². The topological polar surface area (TPSA) is 76.5 Å². The van der Waals surface area contributed by atoms with E-state index in [0.29, 0.717) is 28.6 Å². The molecular formula is C15H18N4O2S. The number of amides is 1. The number of benzene rings is 1. The van der Waals surface area contributed by atoms with E-state index in [0.717, 1.165) is 23.5 Å². The highest BCUT2D eigenvalue weighted by molar-refractivity contribution is 7.08. The van der Waals surface area contributed by atoms with Gasteiger partial charge in [0.2, 0.25) is 0 Å². The smallest absolute Gasteiger partial charge is 0.269 e. The van der Waals surface area contributed by atoms with Crippen LogP contribution in [0.25, 0.3) is 0 Å². The Labute approximate surface area is 133 Å². The molecule has 0 aliphatic heterocycles. The fourth-order valence-corrected chi connectivity index (χ4v) is 2.36. The van der Waals surface area contributed by atoms with Crippen LogP contribution in [0.1, 0.15) is 41.2 Å². The standard InChI is InChI=1S/C15H18N4O2S/c1-4-9-21-18-10(2)12-7-5-6-8-13(12)16-15(20)14-11(3)17-19-22-14/h5-8H,4,9H2,1-3H3,(H,16,20)/b18-10+. The molecule has 22 heavy (non-hydrogen) atoms. The Morgan fingerprint density at radius 1 is 1.41 bits per heavy atom. The van der Waals surface area contributed by atoms with E-state index in [9.17, 15) is 4.79 Å². The van der Waals surface area contributed by atoms with Gasteiger partial charge in [-0.15, -0.1) is 5.10 Å². The molecule has 2 aromatic rings. The zero-order valence-electron chi connectivity index (χ0n) is 12.8. The lowest BCUT2D eigenvalue weighted by atomic mass is 10.1. The van der Waals surface area contributed by atoms with Crippen molar-refractivity contribution >= 4 is 28.8 Å². The zero-order valence-corrected chi connectivity index (χ0v) is 13.6. The lowest BCUT2D eigenvalue weighted by molar-refractivity contribution is 0.102. The minimum Gasteiger partial charge on any atom is -0.396 e. The molecule has 0 spiro atoms. The summed E-state index contributed by atoms with van der Waals surface area (Å²) in [6, 6.07) is 7.47. The first-order chi connectivity index (χ1) is 10.6. The quantitative estimate of drug-likeness (QED) is 0.504. The van der Waals surface area contributed by atoms with E-state index in [-0.39, 0.29) is 5.91 Å². The Morgan fingerprint density at radius 3 is 2.86 bits per heavy atom. The third-order valence-corrected chi connectivity index (χ3v) is 3.75. The van der Waals surface area contributed by atoms with Crippen molar-refractivity contribution in [3.8, 4) is 0 Å². The summed E-state index contributed by atoms with van der Waals surface area (Å²) in [5, 5.41) is 10.8. The molecule has 0 bridgehead atoms. The Bertz CT molecular complexity index is 682. The molecule has 0 aliphatic carbocycles. The van der Waals surface area contributed by atoms with Gasteiger partial charge in [-0.2, -0.15) is 0 Å². The van der Waals surface area contributed by atoms with E-state index < -0.39 is 0 Å². The van der Waals surface area contributed by atoms with Crippen LogP contribution in [0.2, 0.25) is 0 Å². The van der Waals surface area contributed by atoms with Crippen molar-refractivity contribution < 1.29 is 9.63 Å². The summed E-state index contributed by atoms with van der Waals surface area (Å²) in [4.78, 5) is 18.0. The number of carbonyl (C=O) groups is 1. The molecule has 1 aromatic carbocycles. The number of hydrogen-bond donors (Lipinski definition) is 1. The summed E-state index contributed by atoms with van der Waals surface area (Å²) in [5.41, 5.74) is 2.84. The molecule has 2 rings (SSSR count). The summed E-state index contributed by atoms with van der Waals surface area (Å²) >= 11 is 1.08. The number of aryl methyl sites for hydroxylation is 1. The zero-order chi connectivity index (χ0) is 15.9. The Hall–Kier alpha value is -2.28. The van der Waals surface area contributed by atoms with Gasteiger partial charge in [0.15, 0.2) is 0 Å². The van der Waals surface area contributed by atoms with Crippen LogP contribution in [0.4, 0.5) is 5.69 Å². The molecule has 0 aliphatic rings. The van der Waals surface area contributed by atoms with E-state index in [1.54, 1.807) is 6.92 Å². The number of hydrogen-bond acceptors (Lipinski definition) is 6. The van der Waals surface area contributed by atoms with E-state index in [1.807, 2.05) is 38.1 Å². The fraction of sp³-hybridized carbons (Fsp3) is 0.333. The normalized spacial score (nSPS) is 11.3. The van der Waals surface area contributed by atoms with Crippen molar-refractivity contribution in [2.75, 3.05) is 11.9 Å². The number of nitrogens with one attached hydrogen (secondary N) is 1. The Kier molecular flexibility index (Phi) is 5.60. The van der Waals surface area contributed by atoms with Crippen molar-refractivity contribution in [2.45, 2.75) is 27.2 Å². The monoisotopic (exact) mass is 318 g/mol. The predicted octanol–water partition coefficient (Wildman–Crippen LogP) is 3.25. The van der Waals surface area contributed by atoms with Gasteiger partial charge in [0, 0.05) is 5.56 Å². The molecule has 1 N–H and O–H groups in total. The number of rotatable bonds is 6. The number of oxime groups is 1. The minimum absolute atomic E-state index is 0.220. The molecule has 0 saturated carbocycles. The van der Waals surface area contributed by atoms with Gasteiger partial charge in [-0.25, -0.2) is 0 Å². The molecule has 1 heterocycles. The van der Waals surface area contributed by atoms with Gasteiger partial charge in [-0.05, 0) is 37.9 Å². The maximum atomic E-state index is 12.3. The molecule has 0 fully saturated rings. The summed E-state index contributed by atoms with van der Waals surface area (Å²) < 4.78 is 3.78. The van der Waals surface area contributed by atoms with Crippen LogP contribution in [0, 0.1) is 6.92 Å². The van der Waals surface area contributed by atoms with Crippen LogP contribution in [0.15, 0.2) is 29.4 Å². The van der Waals surface area contributed by atoms with Gasteiger partial charge in [0.1, 0.15) is 11.5 Å². The first-order valence-corrected chi connectivity index (χ1v) is 7.77. The van der Waals surface area contributed by atoms with Gasteiger partial charge in [0.05, 0.1) is 17.1 Å². The summed E-state index contributed by atoms with van der Waals surface area (Å²) in [5.74, 6) is -0.220. The summed E-state index contributed by atoms with van der Waals surface area (Å²) in [6.45, 7) is 6.19. The third kappa shape index (κ3) is 3.88. The Balaban J connectivity index is 2.20. The minimum atomic E-state index is -0.220. The average Bonchev–Trinajstić information content (AvgIpc) is 2.94. The molecule has 0 unspecified atom stereocenters. The van der Waals surface area contributed by atoms with Gasteiger partial charge >= 0.3 is 0 Å². The second kappa shape index (κ2) is 7.65. The molecule has 0 atom stereocenters. The van der Waals surface area contributed by atoms with Gasteiger partial charge in [-0.1, -0.05) is 34.8 Å². The molecule has 116 valence electrons. The maximum Gasteiger partial charge on any atom is 0.269 e. The number of anilines is 1. The summed E-state index contributed by atoms with van der Waals surface area (Å²) in [7, 11) is 0. The average molecular weight is 318 g/mol. The van der Waals surface area contributed by atoms with Crippen LogP contribution in [-0.2, 0) is 4.84 Å². The van der Waals surface area contributed by atoms with Crippen LogP contribution < -0.4 is 5.32 Å². The van der Waals surface area contributed by atoms with E-state index in [4.69, 9.17) is 4.84 Å². The highest BCUT2D eigenvalue weighted by Gasteiger charge is 2.15. The lowest BCUT2D eigenvalue weighted by Gasteiger charge is -2.10. The highest BCUT2D eigenvalue weighted by atomic mass is 32.1. The van der Waals surface area contributed by atoms with Crippen molar-refractivity contribution in [1.29, 1.82) is 0 Å². The third-order valence-electron chi connectivity index (χ3n) is 2.92. The first kappa shape index (κ1) is 16.1. The molecule has 1 amide bonds. The second-order valence-corrected chi connectivity index (χ2v) is 5.45. The van der Waals surface area contributed by atoms with Gasteiger partial charge in [-0.3, -0.25) is 4.79 Å². The van der Waals surface area contributed by atoms with Crippen molar-refractivity contribution in [1.82, 2.24) is 9.59 Å². The number of aromatic nitrogens is 2. The van der Waals surface area contributed by atoms with Crippen LogP contribution in [0.5, 0.6) is 0 Å². The van der Waals surface area contributed by atoms with E-state index in [1.165, 1.54) is 0 Å². The molecular weight excluding hydrogens is 300 g/mol. The maximum absolute atomic E-state index is 12.3. The molecule has 0 radical (unpaired) electrons. The van der Waals surface area contributed by atoms with Crippen LogP contribution in [0.3, 0.4) is 0 Å². The highest BCUT2D eigenvalue weighted by Crippen LogP contribution is 2.19. The SMILES string of the molecule is CCCO/N=C(\C)c1ccccc1NC(=O)c1snnc1C. The largest absolute Gasteiger partial charge is 0.396 e. The molecule has 0 saturated heterocycles. The summed E-state index contributed by atoms with van der Waals surface area (Å²) in [6.07, 6.45) is 0.896. The molecule has 7 heteroatoms. The molecule has 6 nitrogen and oxygen atoms in total. The van der Waals surface area contributed by atoms with Crippen molar-refractivity contribution in [3.05, 3.63) is 40.4 Å². The number of nitrogens with zero attached hydrogens (tertiary/aromatic N) is 3. The lowest BCUT2D eigenvalue weighted by Crippen LogP contribution is -2.14. The second-order valence-electron chi connectivity index (χ2n) is 4.70.